The molecule has 1 N–H and O–H groups in total. The molecule has 18 heavy (non-hydrogen) atoms. The third-order valence-corrected chi connectivity index (χ3v) is 6.49. The molecule has 2 aliphatic heterocycles. The van der Waals surface area contributed by atoms with Crippen molar-refractivity contribution >= 4 is 17.7 Å². The van der Waals surface area contributed by atoms with Crippen LogP contribution in [-0.4, -0.2) is 34.8 Å². The van der Waals surface area contributed by atoms with E-state index >= 15 is 0 Å². The number of hydrogen-bond donors (Lipinski definition) is 1. The van der Waals surface area contributed by atoms with Crippen molar-refractivity contribution in [3.8, 4) is 0 Å². The van der Waals surface area contributed by atoms with E-state index in [4.69, 9.17) is 4.74 Å². The summed E-state index contributed by atoms with van der Waals surface area (Å²) < 4.78 is 6.03. The van der Waals surface area contributed by atoms with Crippen LogP contribution in [0.3, 0.4) is 0 Å². The zero-order valence-corrected chi connectivity index (χ0v) is 11.6. The van der Waals surface area contributed by atoms with E-state index in [9.17, 15) is 9.90 Å². The maximum atomic E-state index is 11.8. The molecule has 1 saturated carbocycles. The summed E-state index contributed by atoms with van der Waals surface area (Å²) in [6.45, 7) is 0.764. The Labute approximate surface area is 113 Å². The van der Waals surface area contributed by atoms with Gasteiger partial charge in [-0.3, -0.25) is 4.79 Å². The van der Waals surface area contributed by atoms with Crippen LogP contribution in [-0.2, 0) is 9.53 Å². The van der Waals surface area contributed by atoms with Gasteiger partial charge in [-0.2, -0.15) is 11.8 Å². The lowest BCUT2D eigenvalue weighted by atomic mass is 9.67. The molecule has 3 aliphatic rings. The minimum atomic E-state index is -0.548. The summed E-state index contributed by atoms with van der Waals surface area (Å²) in [7, 11) is 0. The third kappa shape index (κ3) is 1.97. The zero-order chi connectivity index (χ0) is 12.6. The molecule has 0 aromatic heterocycles. The molecule has 3 rings (SSSR count). The van der Waals surface area contributed by atoms with Gasteiger partial charge in [0.05, 0.1) is 11.0 Å². The van der Waals surface area contributed by atoms with Gasteiger partial charge in [0, 0.05) is 12.4 Å². The van der Waals surface area contributed by atoms with Crippen LogP contribution in [0.25, 0.3) is 0 Å². The second-order valence-electron chi connectivity index (χ2n) is 6.19. The second-order valence-corrected chi connectivity index (χ2v) is 7.30. The third-order valence-electron chi connectivity index (χ3n) is 5.26. The molecule has 4 heteroatoms. The maximum absolute atomic E-state index is 11.8. The first-order chi connectivity index (χ1) is 8.67. The largest absolute Gasteiger partial charge is 0.481 e. The van der Waals surface area contributed by atoms with Gasteiger partial charge in [-0.05, 0) is 43.8 Å². The smallest absolute Gasteiger partial charge is 0.309 e. The summed E-state index contributed by atoms with van der Waals surface area (Å²) in [4.78, 5) is 11.8. The monoisotopic (exact) mass is 270 g/mol. The number of carbonyl (C=O) groups is 1. The van der Waals surface area contributed by atoms with E-state index in [0.717, 1.165) is 57.3 Å². The highest BCUT2D eigenvalue weighted by Gasteiger charge is 2.52. The maximum Gasteiger partial charge on any atom is 0.309 e. The van der Waals surface area contributed by atoms with Crippen LogP contribution in [0.5, 0.6) is 0 Å². The fourth-order valence-corrected chi connectivity index (χ4v) is 5.54. The van der Waals surface area contributed by atoms with Crippen LogP contribution >= 0.6 is 11.8 Å². The van der Waals surface area contributed by atoms with E-state index in [1.807, 2.05) is 11.8 Å². The molecule has 0 bridgehead atoms. The van der Waals surface area contributed by atoms with Gasteiger partial charge in [0.1, 0.15) is 0 Å². The Balaban J connectivity index is 1.80. The second kappa shape index (κ2) is 4.71. The van der Waals surface area contributed by atoms with E-state index in [0.29, 0.717) is 5.92 Å². The first kappa shape index (κ1) is 12.8. The first-order valence-corrected chi connectivity index (χ1v) is 8.28. The molecular weight excluding hydrogens is 248 g/mol. The van der Waals surface area contributed by atoms with Crippen molar-refractivity contribution in [1.29, 1.82) is 0 Å². The van der Waals surface area contributed by atoms with E-state index in [1.165, 1.54) is 5.75 Å². The average molecular weight is 270 g/mol. The topological polar surface area (TPSA) is 46.5 Å². The molecule has 3 fully saturated rings. The molecule has 0 aromatic rings. The molecule has 0 aromatic carbocycles. The van der Waals surface area contributed by atoms with Gasteiger partial charge in [-0.1, -0.05) is 12.8 Å². The van der Waals surface area contributed by atoms with Crippen molar-refractivity contribution in [2.45, 2.75) is 50.5 Å². The van der Waals surface area contributed by atoms with Gasteiger partial charge in [0.25, 0.3) is 0 Å². The molecule has 0 amide bonds. The van der Waals surface area contributed by atoms with E-state index in [2.05, 4.69) is 0 Å². The predicted octanol–water partition coefficient (Wildman–Crippen LogP) is 2.93. The van der Waals surface area contributed by atoms with Crippen molar-refractivity contribution in [3.63, 3.8) is 0 Å². The summed E-state index contributed by atoms with van der Waals surface area (Å²) in [5.41, 5.74) is -0.414. The molecular formula is C14H22O3S. The fourth-order valence-electron chi connectivity index (χ4n) is 4.17. The molecule has 2 unspecified atom stereocenters. The van der Waals surface area contributed by atoms with Crippen LogP contribution in [0.4, 0.5) is 0 Å². The van der Waals surface area contributed by atoms with Crippen LogP contribution < -0.4 is 0 Å². The Morgan fingerprint density at radius 3 is 2.67 bits per heavy atom. The standard InChI is InChI=1S/C14H22O3S/c15-12(16)14(4-1-2-5-14)11-3-7-17-13(9-11)6-8-18-10-13/h11H,1-10H2,(H,15,16). The van der Waals surface area contributed by atoms with Crippen molar-refractivity contribution in [1.82, 2.24) is 0 Å². The molecule has 0 radical (unpaired) electrons. The minimum absolute atomic E-state index is 0.0125. The highest BCUT2D eigenvalue weighted by Crippen LogP contribution is 2.52. The summed E-state index contributed by atoms with van der Waals surface area (Å²) in [6.07, 6.45) is 6.98. The Morgan fingerprint density at radius 2 is 2.06 bits per heavy atom. The summed E-state index contributed by atoms with van der Waals surface area (Å²) in [6, 6.07) is 0. The van der Waals surface area contributed by atoms with Gasteiger partial charge >= 0.3 is 5.97 Å². The molecule has 2 atom stereocenters. The number of carboxylic acid groups (broad SMARTS) is 1. The van der Waals surface area contributed by atoms with Crippen LogP contribution in [0, 0.1) is 11.3 Å². The zero-order valence-electron chi connectivity index (χ0n) is 10.8. The van der Waals surface area contributed by atoms with Crippen molar-refractivity contribution in [2.24, 2.45) is 11.3 Å². The van der Waals surface area contributed by atoms with Crippen LogP contribution in [0.2, 0.25) is 0 Å². The Kier molecular flexibility index (Phi) is 3.35. The van der Waals surface area contributed by atoms with Gasteiger partial charge in [-0.15, -0.1) is 0 Å². The van der Waals surface area contributed by atoms with Gasteiger partial charge in [0.15, 0.2) is 0 Å². The Bertz CT molecular complexity index is 330. The highest BCUT2D eigenvalue weighted by molar-refractivity contribution is 7.99. The number of carboxylic acids is 1. The van der Waals surface area contributed by atoms with Gasteiger partial charge < -0.3 is 9.84 Å². The summed E-state index contributed by atoms with van der Waals surface area (Å²) >= 11 is 1.96. The van der Waals surface area contributed by atoms with E-state index < -0.39 is 11.4 Å². The average Bonchev–Trinajstić information content (AvgIpc) is 2.99. The van der Waals surface area contributed by atoms with Crippen LogP contribution in [0.1, 0.15) is 44.9 Å². The molecule has 1 aliphatic carbocycles. The van der Waals surface area contributed by atoms with Gasteiger partial charge in [-0.25, -0.2) is 0 Å². The van der Waals surface area contributed by atoms with E-state index in [-0.39, 0.29) is 5.60 Å². The first-order valence-electron chi connectivity index (χ1n) is 7.12. The lowest BCUT2D eigenvalue weighted by Gasteiger charge is -2.44. The fraction of sp³-hybridized carbons (Fsp3) is 0.929. The molecule has 1 spiro atoms. The molecule has 2 saturated heterocycles. The van der Waals surface area contributed by atoms with Gasteiger partial charge in [0.2, 0.25) is 0 Å². The number of aliphatic carboxylic acids is 1. The van der Waals surface area contributed by atoms with Crippen molar-refractivity contribution in [2.75, 3.05) is 18.1 Å². The van der Waals surface area contributed by atoms with Crippen LogP contribution in [0.15, 0.2) is 0 Å². The molecule has 3 nitrogen and oxygen atoms in total. The SMILES string of the molecule is O=C(O)C1(C2CCOC3(CCSC3)C2)CCCC1. The van der Waals surface area contributed by atoms with E-state index in [1.54, 1.807) is 0 Å². The number of ether oxygens (including phenoxy) is 1. The molecule has 102 valence electrons. The lowest BCUT2D eigenvalue weighted by Crippen LogP contribution is -2.47. The normalized spacial score (nSPS) is 39.2. The summed E-state index contributed by atoms with van der Waals surface area (Å²) in [5.74, 6) is 2.03. The Hall–Kier alpha value is -0.220. The minimum Gasteiger partial charge on any atom is -0.481 e. The lowest BCUT2D eigenvalue weighted by molar-refractivity contribution is -0.161. The number of rotatable bonds is 2. The van der Waals surface area contributed by atoms with Crippen molar-refractivity contribution < 1.29 is 14.6 Å². The Morgan fingerprint density at radius 1 is 1.28 bits per heavy atom. The highest BCUT2D eigenvalue weighted by atomic mass is 32.2. The number of thioether (sulfide) groups is 1. The van der Waals surface area contributed by atoms with Crippen molar-refractivity contribution in [3.05, 3.63) is 0 Å². The predicted molar refractivity (Wildman–Crippen MR) is 71.9 cm³/mol. The quantitative estimate of drug-likeness (QED) is 0.838. The summed E-state index contributed by atoms with van der Waals surface area (Å²) in [5, 5.41) is 9.70. The number of hydrogen-bond acceptors (Lipinski definition) is 3. The molecule has 2 heterocycles.